The lowest BCUT2D eigenvalue weighted by Gasteiger charge is -2.31. The largest absolute Gasteiger partial charge is 0.497 e. The van der Waals surface area contributed by atoms with Crippen molar-refractivity contribution in [3.63, 3.8) is 0 Å². The van der Waals surface area contributed by atoms with Gasteiger partial charge in [-0.15, -0.1) is 0 Å². The maximum absolute atomic E-state index is 14.2. The number of urea groups is 1. The summed E-state index contributed by atoms with van der Waals surface area (Å²) < 4.78 is 9.62. The molecule has 208 valence electrons. The fraction of sp³-hybridized carbons (Fsp3) is 0.235. The molecule has 0 radical (unpaired) electrons. The predicted octanol–water partition coefficient (Wildman–Crippen LogP) is 6.61. The molecule has 7 heteroatoms. The number of nitrogens with zero attached hydrogens (tertiary/aromatic N) is 4. The lowest BCUT2D eigenvalue weighted by Crippen LogP contribution is -2.41. The van der Waals surface area contributed by atoms with Crippen molar-refractivity contribution in [2.75, 3.05) is 7.11 Å². The van der Waals surface area contributed by atoms with E-state index in [-0.39, 0.29) is 12.1 Å². The Morgan fingerprint density at radius 1 is 0.927 bits per heavy atom. The van der Waals surface area contributed by atoms with Crippen LogP contribution in [0.3, 0.4) is 0 Å². The molecule has 2 aromatic heterocycles. The summed E-state index contributed by atoms with van der Waals surface area (Å²) in [6, 6.07) is 30.4. The van der Waals surface area contributed by atoms with Crippen LogP contribution in [0.15, 0.2) is 97.2 Å². The first kappa shape index (κ1) is 26.4. The van der Waals surface area contributed by atoms with E-state index in [2.05, 4.69) is 78.5 Å². The standard InChI is InChI=1S/C34H35N5O2/c1-4-24-16-18-26(19-17-24)32-31-15-10-20-37(31)33-29(30(5-2)36-39(33)27-12-7-6-8-13-27)23-38(32)34(40)35-22-25-11-9-14-28(21-25)41-3/h6-21,32H,4-5,22-23H2,1-3H3,(H,35,40). The Kier molecular flexibility index (Phi) is 7.33. The summed E-state index contributed by atoms with van der Waals surface area (Å²) in [7, 11) is 1.65. The molecule has 0 saturated carbocycles. The van der Waals surface area contributed by atoms with Crippen molar-refractivity contribution in [3.8, 4) is 17.3 Å². The first-order valence-corrected chi connectivity index (χ1v) is 14.2. The third-order valence-corrected chi connectivity index (χ3v) is 7.85. The number of nitrogens with one attached hydrogen (secondary N) is 1. The molecule has 1 aliphatic heterocycles. The van der Waals surface area contributed by atoms with E-state index in [4.69, 9.17) is 9.84 Å². The van der Waals surface area contributed by atoms with Gasteiger partial charge in [-0.3, -0.25) is 0 Å². The molecule has 0 aliphatic carbocycles. The Hall–Kier alpha value is -4.78. The van der Waals surface area contributed by atoms with Gasteiger partial charge in [0.25, 0.3) is 0 Å². The predicted molar refractivity (Wildman–Crippen MR) is 161 cm³/mol. The highest BCUT2D eigenvalue weighted by atomic mass is 16.5. The molecule has 0 spiro atoms. The number of rotatable bonds is 7. The van der Waals surface area contributed by atoms with Crippen LogP contribution in [0.2, 0.25) is 0 Å². The first-order chi connectivity index (χ1) is 20.1. The molecular weight excluding hydrogens is 510 g/mol. The van der Waals surface area contributed by atoms with Gasteiger partial charge in [0.05, 0.1) is 36.8 Å². The van der Waals surface area contributed by atoms with E-state index in [0.717, 1.165) is 58.2 Å². The lowest BCUT2D eigenvalue weighted by molar-refractivity contribution is 0.180. The van der Waals surface area contributed by atoms with Gasteiger partial charge >= 0.3 is 6.03 Å². The minimum absolute atomic E-state index is 0.132. The number of methoxy groups -OCH3 is 1. The van der Waals surface area contributed by atoms with Gasteiger partial charge in [-0.1, -0.05) is 68.4 Å². The quantitative estimate of drug-likeness (QED) is 0.250. The molecule has 1 atom stereocenters. The Labute approximate surface area is 241 Å². The van der Waals surface area contributed by atoms with Crippen molar-refractivity contribution in [3.05, 3.63) is 131 Å². The van der Waals surface area contributed by atoms with Crippen molar-refractivity contribution in [1.82, 2.24) is 24.6 Å². The number of carbonyl (C=O) groups is 1. The van der Waals surface area contributed by atoms with E-state index in [1.54, 1.807) is 7.11 Å². The van der Waals surface area contributed by atoms with Crippen LogP contribution >= 0.6 is 0 Å². The molecule has 2 amide bonds. The van der Waals surface area contributed by atoms with E-state index in [0.29, 0.717) is 13.1 Å². The number of aromatic nitrogens is 3. The highest BCUT2D eigenvalue weighted by Crippen LogP contribution is 2.38. The van der Waals surface area contributed by atoms with Crippen LogP contribution in [-0.4, -0.2) is 32.4 Å². The van der Waals surface area contributed by atoms with Gasteiger partial charge in [-0.25, -0.2) is 9.48 Å². The summed E-state index contributed by atoms with van der Waals surface area (Å²) in [5, 5.41) is 8.25. The van der Waals surface area contributed by atoms with Crippen molar-refractivity contribution in [1.29, 1.82) is 0 Å². The molecule has 0 fully saturated rings. The summed E-state index contributed by atoms with van der Waals surface area (Å²) >= 11 is 0. The Bertz CT molecular complexity index is 1650. The van der Waals surface area contributed by atoms with Crippen LogP contribution in [-0.2, 0) is 25.9 Å². The number of ether oxygens (including phenoxy) is 1. The maximum atomic E-state index is 14.2. The van der Waals surface area contributed by atoms with Gasteiger partial charge in [0.15, 0.2) is 0 Å². The number of amides is 2. The zero-order chi connectivity index (χ0) is 28.3. The summed E-state index contributed by atoms with van der Waals surface area (Å²) in [4.78, 5) is 16.1. The minimum atomic E-state index is -0.289. The second-order valence-corrected chi connectivity index (χ2v) is 10.3. The van der Waals surface area contributed by atoms with Gasteiger partial charge < -0.3 is 19.5 Å². The molecule has 3 heterocycles. The highest BCUT2D eigenvalue weighted by Gasteiger charge is 2.36. The van der Waals surface area contributed by atoms with Crippen LogP contribution in [0.4, 0.5) is 4.79 Å². The number of hydrogen-bond acceptors (Lipinski definition) is 3. The Balaban J connectivity index is 1.47. The van der Waals surface area contributed by atoms with E-state index in [1.165, 1.54) is 5.56 Å². The SMILES string of the molecule is CCc1ccc(C2c3cccn3-c3c(c(CC)nn3-c3ccccc3)CN2C(=O)NCc2cccc(OC)c2)cc1. The topological polar surface area (TPSA) is 64.3 Å². The van der Waals surface area contributed by atoms with Gasteiger partial charge in [-0.2, -0.15) is 5.10 Å². The average Bonchev–Trinajstić information content (AvgIpc) is 3.61. The minimum Gasteiger partial charge on any atom is -0.497 e. The Morgan fingerprint density at radius 3 is 2.46 bits per heavy atom. The van der Waals surface area contributed by atoms with Crippen LogP contribution in [0.1, 0.15) is 53.5 Å². The molecule has 41 heavy (non-hydrogen) atoms. The zero-order valence-electron chi connectivity index (χ0n) is 23.7. The molecule has 1 N–H and O–H groups in total. The molecule has 5 aromatic rings. The monoisotopic (exact) mass is 545 g/mol. The molecule has 6 rings (SSSR count). The number of para-hydroxylation sites is 1. The van der Waals surface area contributed by atoms with Crippen molar-refractivity contribution >= 4 is 6.03 Å². The van der Waals surface area contributed by atoms with Crippen LogP contribution in [0.25, 0.3) is 11.5 Å². The van der Waals surface area contributed by atoms with E-state index >= 15 is 0 Å². The van der Waals surface area contributed by atoms with E-state index in [9.17, 15) is 4.79 Å². The second kappa shape index (κ2) is 11.4. The Morgan fingerprint density at radius 2 is 1.73 bits per heavy atom. The van der Waals surface area contributed by atoms with Crippen LogP contribution < -0.4 is 10.1 Å². The molecule has 0 bridgehead atoms. The number of aryl methyl sites for hydroxylation is 2. The van der Waals surface area contributed by atoms with Gasteiger partial charge in [0.2, 0.25) is 0 Å². The molecular formula is C34H35N5O2. The molecule has 1 aliphatic rings. The zero-order valence-corrected chi connectivity index (χ0v) is 23.7. The lowest BCUT2D eigenvalue weighted by atomic mass is 9.99. The summed E-state index contributed by atoms with van der Waals surface area (Å²) in [6.07, 6.45) is 3.80. The van der Waals surface area contributed by atoms with E-state index in [1.807, 2.05) is 52.0 Å². The van der Waals surface area contributed by atoms with Gasteiger partial charge in [0.1, 0.15) is 11.6 Å². The normalized spacial score (nSPS) is 14.2. The third kappa shape index (κ3) is 4.99. The van der Waals surface area contributed by atoms with Crippen molar-refractivity contribution in [2.45, 2.75) is 45.8 Å². The number of fused-ring (bicyclic) bond motifs is 3. The third-order valence-electron chi connectivity index (χ3n) is 7.85. The average molecular weight is 546 g/mol. The number of carbonyl (C=O) groups excluding carboxylic acids is 1. The van der Waals surface area contributed by atoms with Gasteiger partial charge in [0, 0.05) is 18.3 Å². The summed E-state index contributed by atoms with van der Waals surface area (Å²) in [6.45, 7) is 5.10. The fourth-order valence-electron chi connectivity index (χ4n) is 5.70. The molecule has 7 nitrogen and oxygen atoms in total. The summed E-state index contributed by atoms with van der Waals surface area (Å²) in [5.74, 6) is 1.75. The summed E-state index contributed by atoms with van der Waals surface area (Å²) in [5.41, 5.74) is 7.36. The highest BCUT2D eigenvalue weighted by molar-refractivity contribution is 5.76. The molecule has 0 saturated heterocycles. The van der Waals surface area contributed by atoms with Gasteiger partial charge in [-0.05, 0) is 65.9 Å². The second-order valence-electron chi connectivity index (χ2n) is 10.3. The van der Waals surface area contributed by atoms with Crippen molar-refractivity contribution in [2.24, 2.45) is 0 Å². The molecule has 1 unspecified atom stereocenters. The van der Waals surface area contributed by atoms with Crippen molar-refractivity contribution < 1.29 is 9.53 Å². The first-order valence-electron chi connectivity index (χ1n) is 14.2. The van der Waals surface area contributed by atoms with Crippen LogP contribution in [0.5, 0.6) is 5.75 Å². The maximum Gasteiger partial charge on any atom is 0.318 e. The smallest absolute Gasteiger partial charge is 0.318 e. The fourth-order valence-corrected chi connectivity index (χ4v) is 5.70. The molecule has 3 aromatic carbocycles. The number of benzene rings is 3. The number of hydrogen-bond donors (Lipinski definition) is 1. The van der Waals surface area contributed by atoms with Crippen LogP contribution in [0, 0.1) is 0 Å². The van der Waals surface area contributed by atoms with E-state index < -0.39 is 0 Å².